The van der Waals surface area contributed by atoms with Crippen LogP contribution in [0, 0.1) is 5.92 Å². The van der Waals surface area contributed by atoms with E-state index in [1.807, 2.05) is 0 Å². The third kappa shape index (κ3) is 10.3. The highest BCUT2D eigenvalue weighted by molar-refractivity contribution is 5.76. The molecule has 5 N–H and O–H groups in total. The number of aliphatic carboxylic acids is 1. The topological polar surface area (TPSA) is 140 Å². The van der Waals surface area contributed by atoms with Crippen LogP contribution in [0.3, 0.4) is 0 Å². The average molecular weight is 373 g/mol. The van der Waals surface area contributed by atoms with E-state index in [1.165, 1.54) is 0 Å². The van der Waals surface area contributed by atoms with Gasteiger partial charge in [0, 0.05) is 32.0 Å². The Morgan fingerprint density at radius 3 is 2.19 bits per heavy atom. The van der Waals surface area contributed by atoms with E-state index in [-0.39, 0.29) is 30.2 Å². The first-order valence-electron chi connectivity index (χ1n) is 9.17. The molecule has 2 amide bonds. The van der Waals surface area contributed by atoms with Gasteiger partial charge < -0.3 is 30.9 Å². The van der Waals surface area contributed by atoms with Crippen molar-refractivity contribution in [2.24, 2.45) is 11.7 Å². The standard InChI is InChI=1S/C17H31N3O6/c18-7-5-15(21)19-8-10-26-12-11-25-9-6-16(22)20-14-3-1-13(2-4-14)17(23)24/h13-14H,1-12,18H2,(H,19,21)(H,20,22)(H,23,24)/t13-,14+. The Labute approximate surface area is 154 Å². The van der Waals surface area contributed by atoms with Crippen molar-refractivity contribution in [1.82, 2.24) is 10.6 Å². The van der Waals surface area contributed by atoms with E-state index < -0.39 is 5.97 Å². The van der Waals surface area contributed by atoms with E-state index in [1.54, 1.807) is 0 Å². The number of hydrogen-bond acceptors (Lipinski definition) is 6. The molecule has 0 aromatic heterocycles. The molecule has 0 radical (unpaired) electrons. The Balaban J connectivity index is 1.91. The number of carboxylic acid groups (broad SMARTS) is 1. The lowest BCUT2D eigenvalue weighted by molar-refractivity contribution is -0.142. The number of amides is 2. The molecule has 1 saturated carbocycles. The number of carbonyl (C=O) groups is 3. The highest BCUT2D eigenvalue weighted by Crippen LogP contribution is 2.24. The third-order valence-corrected chi connectivity index (χ3v) is 4.23. The van der Waals surface area contributed by atoms with Crippen molar-refractivity contribution in [1.29, 1.82) is 0 Å². The number of carboxylic acids is 1. The Kier molecular flexibility index (Phi) is 11.6. The maximum Gasteiger partial charge on any atom is 0.306 e. The maximum atomic E-state index is 11.8. The van der Waals surface area contributed by atoms with E-state index in [0.717, 1.165) is 0 Å². The minimum Gasteiger partial charge on any atom is -0.481 e. The number of hydrogen-bond donors (Lipinski definition) is 4. The van der Waals surface area contributed by atoms with Crippen molar-refractivity contribution in [2.45, 2.75) is 44.6 Å². The lowest BCUT2D eigenvalue weighted by atomic mass is 9.86. The molecule has 0 aromatic carbocycles. The molecule has 0 heterocycles. The molecule has 26 heavy (non-hydrogen) atoms. The van der Waals surface area contributed by atoms with Crippen LogP contribution >= 0.6 is 0 Å². The average Bonchev–Trinajstić information content (AvgIpc) is 2.61. The third-order valence-electron chi connectivity index (χ3n) is 4.23. The van der Waals surface area contributed by atoms with Crippen molar-refractivity contribution in [3.63, 3.8) is 0 Å². The fraction of sp³-hybridized carbons (Fsp3) is 0.824. The van der Waals surface area contributed by atoms with Gasteiger partial charge >= 0.3 is 5.97 Å². The van der Waals surface area contributed by atoms with Gasteiger partial charge in [0.05, 0.1) is 32.3 Å². The van der Waals surface area contributed by atoms with E-state index in [2.05, 4.69) is 10.6 Å². The zero-order chi connectivity index (χ0) is 19.2. The van der Waals surface area contributed by atoms with Crippen LogP contribution in [-0.2, 0) is 23.9 Å². The van der Waals surface area contributed by atoms with Gasteiger partial charge in [-0.2, -0.15) is 0 Å². The predicted octanol–water partition coefficient (Wildman–Crippen LogP) is -0.366. The van der Waals surface area contributed by atoms with Crippen LogP contribution in [0.2, 0.25) is 0 Å². The van der Waals surface area contributed by atoms with Gasteiger partial charge in [-0.25, -0.2) is 0 Å². The molecule has 1 fully saturated rings. The summed E-state index contributed by atoms with van der Waals surface area (Å²) in [6.45, 7) is 2.26. The summed E-state index contributed by atoms with van der Waals surface area (Å²) in [5.41, 5.74) is 5.26. The molecule has 0 atom stereocenters. The molecule has 150 valence electrons. The summed E-state index contributed by atoms with van der Waals surface area (Å²) >= 11 is 0. The Morgan fingerprint density at radius 1 is 0.923 bits per heavy atom. The van der Waals surface area contributed by atoms with Gasteiger partial charge in [-0.3, -0.25) is 14.4 Å². The highest BCUT2D eigenvalue weighted by atomic mass is 16.5. The van der Waals surface area contributed by atoms with Gasteiger partial charge in [0.1, 0.15) is 0 Å². The smallest absolute Gasteiger partial charge is 0.306 e. The number of ether oxygens (including phenoxy) is 2. The Hall–Kier alpha value is -1.71. The molecule has 0 unspecified atom stereocenters. The Bertz CT molecular complexity index is 438. The Morgan fingerprint density at radius 2 is 1.58 bits per heavy atom. The van der Waals surface area contributed by atoms with Crippen LogP contribution in [0.1, 0.15) is 38.5 Å². The van der Waals surface area contributed by atoms with Crippen LogP contribution < -0.4 is 16.4 Å². The van der Waals surface area contributed by atoms with Gasteiger partial charge in [0.25, 0.3) is 0 Å². The molecular formula is C17H31N3O6. The summed E-state index contributed by atoms with van der Waals surface area (Å²) in [4.78, 5) is 33.9. The van der Waals surface area contributed by atoms with Gasteiger partial charge in [-0.15, -0.1) is 0 Å². The number of rotatable bonds is 13. The fourth-order valence-electron chi connectivity index (χ4n) is 2.75. The fourth-order valence-corrected chi connectivity index (χ4v) is 2.75. The molecule has 9 heteroatoms. The SMILES string of the molecule is NCCC(=O)NCCOCCOCCC(=O)N[C@H]1CC[C@@H](C(=O)O)CC1. The summed E-state index contributed by atoms with van der Waals surface area (Å²) in [7, 11) is 0. The molecule has 0 aliphatic heterocycles. The van der Waals surface area contributed by atoms with Crippen LogP contribution in [0.25, 0.3) is 0 Å². The molecule has 1 aliphatic rings. The predicted molar refractivity (Wildman–Crippen MR) is 94.5 cm³/mol. The second-order valence-corrected chi connectivity index (χ2v) is 6.32. The largest absolute Gasteiger partial charge is 0.481 e. The van der Waals surface area contributed by atoms with Gasteiger partial charge in [0.15, 0.2) is 0 Å². The summed E-state index contributed by atoms with van der Waals surface area (Å²) in [5.74, 6) is -1.19. The lowest BCUT2D eigenvalue weighted by Crippen LogP contribution is -2.39. The second-order valence-electron chi connectivity index (χ2n) is 6.32. The van der Waals surface area contributed by atoms with Crippen LogP contribution in [0.5, 0.6) is 0 Å². The van der Waals surface area contributed by atoms with Crippen molar-refractivity contribution >= 4 is 17.8 Å². The first-order chi connectivity index (χ1) is 12.5. The van der Waals surface area contributed by atoms with E-state index in [0.29, 0.717) is 71.6 Å². The van der Waals surface area contributed by atoms with Crippen molar-refractivity contribution in [3.05, 3.63) is 0 Å². The minimum absolute atomic E-state index is 0.0657. The first-order valence-corrected chi connectivity index (χ1v) is 9.17. The molecule has 0 spiro atoms. The number of nitrogens with one attached hydrogen (secondary N) is 2. The second kappa shape index (κ2) is 13.5. The van der Waals surface area contributed by atoms with Crippen LogP contribution in [0.15, 0.2) is 0 Å². The number of nitrogens with two attached hydrogens (primary N) is 1. The summed E-state index contributed by atoms with van der Waals surface area (Å²) in [5, 5.41) is 14.6. The maximum absolute atomic E-state index is 11.8. The van der Waals surface area contributed by atoms with E-state index in [4.69, 9.17) is 20.3 Å². The zero-order valence-corrected chi connectivity index (χ0v) is 15.2. The molecule has 0 saturated heterocycles. The minimum atomic E-state index is -0.747. The van der Waals surface area contributed by atoms with Gasteiger partial charge in [0.2, 0.25) is 11.8 Å². The van der Waals surface area contributed by atoms with Crippen LogP contribution in [-0.4, -0.2) is 68.4 Å². The molecule has 1 aliphatic carbocycles. The van der Waals surface area contributed by atoms with Crippen molar-refractivity contribution in [2.75, 3.05) is 39.5 Å². The van der Waals surface area contributed by atoms with Crippen molar-refractivity contribution in [3.8, 4) is 0 Å². The molecule has 0 bridgehead atoms. The highest BCUT2D eigenvalue weighted by Gasteiger charge is 2.26. The quantitative estimate of drug-likeness (QED) is 0.323. The van der Waals surface area contributed by atoms with E-state index >= 15 is 0 Å². The molecule has 9 nitrogen and oxygen atoms in total. The summed E-state index contributed by atoms with van der Waals surface area (Å²) in [6.07, 6.45) is 3.22. The normalized spacial score (nSPS) is 19.7. The van der Waals surface area contributed by atoms with Gasteiger partial charge in [-0.1, -0.05) is 0 Å². The monoisotopic (exact) mass is 373 g/mol. The zero-order valence-electron chi connectivity index (χ0n) is 15.2. The van der Waals surface area contributed by atoms with Crippen molar-refractivity contribution < 1.29 is 29.0 Å². The molecule has 1 rings (SSSR count). The molecule has 0 aromatic rings. The first kappa shape index (κ1) is 22.3. The summed E-state index contributed by atoms with van der Waals surface area (Å²) < 4.78 is 10.6. The van der Waals surface area contributed by atoms with E-state index in [9.17, 15) is 14.4 Å². The number of carbonyl (C=O) groups excluding carboxylic acids is 2. The lowest BCUT2D eigenvalue weighted by Gasteiger charge is -2.26. The molecular weight excluding hydrogens is 342 g/mol. The summed E-state index contributed by atoms with van der Waals surface area (Å²) in [6, 6.07) is 0.0657. The van der Waals surface area contributed by atoms with Gasteiger partial charge in [-0.05, 0) is 25.7 Å². The van der Waals surface area contributed by atoms with Crippen LogP contribution in [0.4, 0.5) is 0 Å².